The minimum absolute atomic E-state index is 0.0288. The molecule has 41 heavy (non-hydrogen) atoms. The summed E-state index contributed by atoms with van der Waals surface area (Å²) in [6.07, 6.45) is 2.36. The highest BCUT2D eigenvalue weighted by Gasteiger charge is 2.44. The number of benzene rings is 1. The molecule has 0 fully saturated rings. The molecule has 0 aliphatic carbocycles. The van der Waals surface area contributed by atoms with E-state index < -0.39 is 17.2 Å². The van der Waals surface area contributed by atoms with Gasteiger partial charge in [-0.3, -0.25) is 4.79 Å². The number of pyridine rings is 1. The first-order valence-corrected chi connectivity index (χ1v) is 13.5. The Morgan fingerprint density at radius 2 is 1.83 bits per heavy atom. The van der Waals surface area contributed by atoms with Crippen LogP contribution in [0.5, 0.6) is 0 Å². The van der Waals surface area contributed by atoms with E-state index in [0.29, 0.717) is 35.0 Å². The molecule has 0 spiro atoms. The molecule has 12 heteroatoms. The Hall–Kier alpha value is -4.42. The van der Waals surface area contributed by atoms with Crippen LogP contribution in [0.3, 0.4) is 0 Å². The second kappa shape index (κ2) is 10.9. The van der Waals surface area contributed by atoms with Gasteiger partial charge in [-0.15, -0.1) is 0 Å². The molecule has 1 aromatic carbocycles. The Kier molecular flexibility index (Phi) is 7.45. The Morgan fingerprint density at radius 3 is 2.49 bits per heavy atom. The van der Waals surface area contributed by atoms with Crippen molar-refractivity contribution in [2.24, 2.45) is 0 Å². The monoisotopic (exact) mass is 558 g/mol. The van der Waals surface area contributed by atoms with E-state index in [9.17, 15) is 15.0 Å². The van der Waals surface area contributed by atoms with E-state index in [2.05, 4.69) is 30.7 Å². The molecule has 1 amide bonds. The number of fused-ring (bicyclic) bond motifs is 1. The average molecular weight is 559 g/mol. The molecule has 0 unspecified atom stereocenters. The second-order valence-corrected chi connectivity index (χ2v) is 11.0. The first-order valence-electron chi connectivity index (χ1n) is 13.5. The normalized spacial score (nSPS) is 15.1. The molecule has 1 atom stereocenters. The van der Waals surface area contributed by atoms with Crippen LogP contribution >= 0.6 is 0 Å². The van der Waals surface area contributed by atoms with Crippen LogP contribution in [-0.2, 0) is 11.1 Å². The predicted molar refractivity (Wildman–Crippen MR) is 152 cm³/mol. The van der Waals surface area contributed by atoms with Gasteiger partial charge in [0.2, 0.25) is 11.8 Å². The van der Waals surface area contributed by atoms with Crippen molar-refractivity contribution < 1.29 is 19.5 Å². The molecule has 4 heterocycles. The number of anilines is 3. The number of amides is 1. The Labute approximate surface area is 237 Å². The fourth-order valence-corrected chi connectivity index (χ4v) is 4.79. The van der Waals surface area contributed by atoms with Crippen molar-refractivity contribution in [3.63, 3.8) is 0 Å². The van der Waals surface area contributed by atoms with Gasteiger partial charge in [-0.2, -0.15) is 9.97 Å². The van der Waals surface area contributed by atoms with Crippen molar-refractivity contribution in [1.82, 2.24) is 30.0 Å². The first-order chi connectivity index (χ1) is 19.5. The third kappa shape index (κ3) is 5.48. The van der Waals surface area contributed by atoms with Gasteiger partial charge in [-0.1, -0.05) is 42.4 Å². The van der Waals surface area contributed by atoms with Crippen molar-refractivity contribution in [2.45, 2.75) is 58.2 Å². The molecule has 4 N–H and O–H groups in total. The fraction of sp³-hybridized carbons (Fsp3) is 0.379. The summed E-state index contributed by atoms with van der Waals surface area (Å²) in [5.41, 5.74) is 0.636. The number of aliphatic hydroxyl groups excluding tert-OH is 1. The molecule has 0 bridgehead atoms. The number of aromatic nitrogens is 5. The zero-order valence-corrected chi connectivity index (χ0v) is 23.7. The molecule has 12 nitrogen and oxygen atoms in total. The third-order valence-electron chi connectivity index (χ3n) is 7.00. The van der Waals surface area contributed by atoms with Crippen LogP contribution in [0, 0.1) is 0 Å². The highest BCUT2D eigenvalue weighted by molar-refractivity contribution is 5.99. The van der Waals surface area contributed by atoms with Gasteiger partial charge in [-0.05, 0) is 51.8 Å². The average Bonchev–Trinajstić information content (AvgIpc) is 3.51. The largest absolute Gasteiger partial charge is 0.394 e. The predicted octanol–water partition coefficient (Wildman–Crippen LogP) is 4.14. The summed E-state index contributed by atoms with van der Waals surface area (Å²) in [4.78, 5) is 33.0. The second-order valence-electron chi connectivity index (χ2n) is 11.0. The van der Waals surface area contributed by atoms with E-state index in [0.717, 1.165) is 12.0 Å². The number of hydrogen-bond donors (Lipinski definition) is 4. The Morgan fingerprint density at radius 1 is 1.07 bits per heavy atom. The minimum Gasteiger partial charge on any atom is -0.394 e. The van der Waals surface area contributed by atoms with Crippen molar-refractivity contribution in [3.8, 4) is 11.5 Å². The summed E-state index contributed by atoms with van der Waals surface area (Å²) in [5, 5.41) is 30.8. The molecule has 5 rings (SSSR count). The van der Waals surface area contributed by atoms with Crippen molar-refractivity contribution in [1.29, 1.82) is 0 Å². The quantitative estimate of drug-likeness (QED) is 0.221. The van der Waals surface area contributed by atoms with Gasteiger partial charge in [0.15, 0.2) is 0 Å². The van der Waals surface area contributed by atoms with Gasteiger partial charge in [0, 0.05) is 12.7 Å². The molecule has 4 aromatic rings. The molecule has 0 saturated carbocycles. The maximum absolute atomic E-state index is 13.0. The van der Waals surface area contributed by atoms with Gasteiger partial charge < -0.3 is 30.3 Å². The summed E-state index contributed by atoms with van der Waals surface area (Å²) in [5.74, 6) is 1.21. The SMILES string of the molecule is CCCN1C(=O)c2ccc(Nc3ncc(-c4nc(C(C)(C)O)no4)c(N[C@H](CO)c4ccccc4)n3)nc2C1(C)C. The van der Waals surface area contributed by atoms with Gasteiger partial charge in [0.1, 0.15) is 22.8 Å². The summed E-state index contributed by atoms with van der Waals surface area (Å²) in [6, 6.07) is 12.4. The van der Waals surface area contributed by atoms with E-state index in [4.69, 9.17) is 9.51 Å². The van der Waals surface area contributed by atoms with E-state index in [1.54, 1.807) is 26.0 Å². The highest BCUT2D eigenvalue weighted by Crippen LogP contribution is 2.38. The molecule has 3 aromatic heterocycles. The lowest BCUT2D eigenvalue weighted by molar-refractivity contribution is 0.0614. The van der Waals surface area contributed by atoms with Gasteiger partial charge in [0.05, 0.1) is 29.4 Å². The van der Waals surface area contributed by atoms with Crippen molar-refractivity contribution in [3.05, 3.63) is 71.3 Å². The molecular formula is C29H34N8O4. The number of nitrogens with one attached hydrogen (secondary N) is 2. The summed E-state index contributed by atoms with van der Waals surface area (Å²) >= 11 is 0. The van der Waals surface area contributed by atoms with E-state index in [1.165, 1.54) is 6.20 Å². The molecule has 214 valence electrons. The molecule has 0 saturated heterocycles. The first kappa shape index (κ1) is 28.1. The number of hydrogen-bond acceptors (Lipinski definition) is 11. The summed E-state index contributed by atoms with van der Waals surface area (Å²) in [6.45, 7) is 9.56. The van der Waals surface area contributed by atoms with Gasteiger partial charge >= 0.3 is 0 Å². The van der Waals surface area contributed by atoms with E-state index >= 15 is 0 Å². The third-order valence-corrected chi connectivity index (χ3v) is 7.00. The van der Waals surface area contributed by atoms with Crippen molar-refractivity contribution in [2.75, 3.05) is 23.8 Å². The minimum atomic E-state index is -1.31. The fourth-order valence-electron chi connectivity index (χ4n) is 4.79. The lowest BCUT2D eigenvalue weighted by Crippen LogP contribution is -2.39. The van der Waals surface area contributed by atoms with Crippen LogP contribution in [-0.4, -0.2) is 59.3 Å². The van der Waals surface area contributed by atoms with Crippen molar-refractivity contribution >= 4 is 23.5 Å². The van der Waals surface area contributed by atoms with Crippen LogP contribution < -0.4 is 10.6 Å². The standard InChI is InChI=1S/C29H34N8O4/c1-6-14-37-25(39)18-12-13-21(32-22(18)28(37,2)3)33-27-30-15-19(24-35-26(36-41-24)29(4,5)40)23(34-27)31-20(16-38)17-10-8-7-9-11-17/h7-13,15,20,38,40H,6,14,16H2,1-5H3,(H2,30,31,32,33,34)/t20-/m1/s1. The highest BCUT2D eigenvalue weighted by atomic mass is 16.5. The van der Waals surface area contributed by atoms with E-state index in [1.807, 2.05) is 56.0 Å². The number of nitrogens with zero attached hydrogens (tertiary/aromatic N) is 6. The zero-order chi connectivity index (χ0) is 29.4. The maximum Gasteiger partial charge on any atom is 0.263 e. The number of carbonyl (C=O) groups is 1. The lowest BCUT2D eigenvalue weighted by atomic mass is 9.99. The van der Waals surface area contributed by atoms with Gasteiger partial charge in [0.25, 0.3) is 11.8 Å². The van der Waals surface area contributed by atoms with Crippen LogP contribution in [0.1, 0.15) is 74.5 Å². The smallest absolute Gasteiger partial charge is 0.263 e. The Balaban J connectivity index is 1.50. The molecule has 1 aliphatic heterocycles. The van der Waals surface area contributed by atoms with Crippen LogP contribution in [0.2, 0.25) is 0 Å². The number of aliphatic hydroxyl groups is 2. The number of carbonyl (C=O) groups excluding carboxylic acids is 1. The summed E-state index contributed by atoms with van der Waals surface area (Å²) in [7, 11) is 0. The molecule has 1 aliphatic rings. The summed E-state index contributed by atoms with van der Waals surface area (Å²) < 4.78 is 5.44. The van der Waals surface area contributed by atoms with Crippen LogP contribution in [0.4, 0.5) is 17.6 Å². The van der Waals surface area contributed by atoms with Crippen LogP contribution in [0.25, 0.3) is 11.5 Å². The van der Waals surface area contributed by atoms with Crippen LogP contribution in [0.15, 0.2) is 53.2 Å². The molecule has 0 radical (unpaired) electrons. The lowest BCUT2D eigenvalue weighted by Gasteiger charge is -2.31. The Bertz CT molecular complexity index is 1550. The zero-order valence-electron chi connectivity index (χ0n) is 23.7. The molecular weight excluding hydrogens is 524 g/mol. The van der Waals surface area contributed by atoms with E-state index in [-0.39, 0.29) is 30.2 Å². The maximum atomic E-state index is 13.0. The topological polar surface area (TPSA) is 162 Å². The van der Waals surface area contributed by atoms with Gasteiger partial charge in [-0.25, -0.2) is 9.97 Å². The number of rotatable bonds is 10.